The molecule has 0 saturated heterocycles. The summed E-state index contributed by atoms with van der Waals surface area (Å²) in [5.74, 6) is 1.85. The Hall–Kier alpha value is -0.610. The second kappa shape index (κ2) is 13.5. The van der Waals surface area contributed by atoms with Gasteiger partial charge in [-0.2, -0.15) is 0 Å². The number of esters is 1. The molecule has 0 aromatic carbocycles. The van der Waals surface area contributed by atoms with Crippen LogP contribution >= 0.6 is 0 Å². The molecule has 26 heavy (non-hydrogen) atoms. The Labute approximate surface area is 160 Å². The fraction of sp³-hybridized carbons (Fsp3) is 0.955. The van der Waals surface area contributed by atoms with Crippen molar-refractivity contribution in [3.8, 4) is 0 Å². The van der Waals surface area contributed by atoms with E-state index in [1.54, 1.807) is 0 Å². The Bertz CT molecular complexity index is 360. The number of nitrogens with one attached hydrogen (secondary N) is 1. The normalized spacial score (nSPS) is 24.5. The summed E-state index contributed by atoms with van der Waals surface area (Å²) in [4.78, 5) is 11.2. The molecule has 0 atom stereocenters. The molecule has 0 unspecified atom stereocenters. The minimum absolute atomic E-state index is 0.157. The predicted molar refractivity (Wildman–Crippen MR) is 106 cm³/mol. The van der Waals surface area contributed by atoms with Gasteiger partial charge in [0.05, 0.1) is 19.3 Å². The molecule has 0 amide bonds. The monoisotopic (exact) mass is 367 g/mol. The van der Waals surface area contributed by atoms with E-state index < -0.39 is 0 Å². The van der Waals surface area contributed by atoms with E-state index in [-0.39, 0.29) is 5.97 Å². The first-order valence-electron chi connectivity index (χ1n) is 11.3. The van der Waals surface area contributed by atoms with Crippen LogP contribution in [0.5, 0.6) is 0 Å². The van der Waals surface area contributed by atoms with E-state index >= 15 is 0 Å². The number of rotatable bonds is 12. The van der Waals surface area contributed by atoms with Gasteiger partial charge in [-0.15, -0.1) is 0 Å². The van der Waals surface area contributed by atoms with Crippen LogP contribution < -0.4 is 5.32 Å². The van der Waals surface area contributed by atoms with Crippen LogP contribution in [-0.4, -0.2) is 38.4 Å². The van der Waals surface area contributed by atoms with E-state index in [4.69, 9.17) is 9.47 Å². The molecule has 1 N–H and O–H groups in total. The lowest BCUT2D eigenvalue weighted by atomic mass is 9.77. The summed E-state index contributed by atoms with van der Waals surface area (Å²) in [6.45, 7) is 4.40. The Balaban J connectivity index is 1.39. The molecule has 2 rings (SSSR count). The molecule has 2 aliphatic rings. The van der Waals surface area contributed by atoms with Crippen LogP contribution in [0.4, 0.5) is 0 Å². The van der Waals surface area contributed by atoms with E-state index in [0.717, 1.165) is 44.2 Å². The molecule has 0 heterocycles. The molecule has 152 valence electrons. The van der Waals surface area contributed by atoms with Gasteiger partial charge in [0.15, 0.2) is 0 Å². The largest absolute Gasteiger partial charge is 0.465 e. The van der Waals surface area contributed by atoms with Crippen molar-refractivity contribution in [1.29, 1.82) is 0 Å². The second-order valence-corrected chi connectivity index (χ2v) is 8.30. The number of carbonyl (C=O) groups excluding carboxylic acids is 1. The molecule has 0 radical (unpaired) electrons. The average Bonchev–Trinajstić information content (AvgIpc) is 2.66. The number of ether oxygens (including phenoxy) is 2. The van der Waals surface area contributed by atoms with Gasteiger partial charge in [-0.3, -0.25) is 4.79 Å². The fourth-order valence-corrected chi connectivity index (χ4v) is 4.61. The zero-order valence-electron chi connectivity index (χ0n) is 17.0. The summed E-state index contributed by atoms with van der Waals surface area (Å²) in [6, 6.07) is 0. The SMILES string of the molecule is CCOC(=O)CNCCCCCOC1CCC(CC2CCCCC2)CC1. The van der Waals surface area contributed by atoms with Gasteiger partial charge in [-0.25, -0.2) is 0 Å². The smallest absolute Gasteiger partial charge is 0.319 e. The fourth-order valence-electron chi connectivity index (χ4n) is 4.61. The maximum atomic E-state index is 11.2. The summed E-state index contributed by atoms with van der Waals surface area (Å²) in [5.41, 5.74) is 0. The topological polar surface area (TPSA) is 47.6 Å². The molecule has 0 aromatic rings. The van der Waals surface area contributed by atoms with Crippen LogP contribution in [0.15, 0.2) is 0 Å². The summed E-state index contributed by atoms with van der Waals surface area (Å²) in [7, 11) is 0. The summed E-state index contributed by atoms with van der Waals surface area (Å²) in [6.07, 6.45) is 18.1. The molecule has 0 aliphatic heterocycles. The van der Waals surface area contributed by atoms with Crippen LogP contribution in [0.2, 0.25) is 0 Å². The first kappa shape index (κ1) is 21.7. The minimum atomic E-state index is -0.157. The highest BCUT2D eigenvalue weighted by molar-refractivity contribution is 5.71. The van der Waals surface area contributed by atoms with E-state index in [1.807, 2.05) is 6.92 Å². The molecule has 0 aromatic heterocycles. The van der Waals surface area contributed by atoms with Crippen molar-refractivity contribution >= 4 is 5.97 Å². The second-order valence-electron chi connectivity index (χ2n) is 8.30. The maximum Gasteiger partial charge on any atom is 0.319 e. The van der Waals surface area contributed by atoms with Crippen molar-refractivity contribution in [3.63, 3.8) is 0 Å². The van der Waals surface area contributed by atoms with Crippen LogP contribution in [0, 0.1) is 11.8 Å². The van der Waals surface area contributed by atoms with E-state index in [9.17, 15) is 4.79 Å². The lowest BCUT2D eigenvalue weighted by Gasteiger charge is -2.32. The highest BCUT2D eigenvalue weighted by Gasteiger charge is 2.24. The first-order chi connectivity index (χ1) is 12.8. The van der Waals surface area contributed by atoms with Crippen molar-refractivity contribution in [3.05, 3.63) is 0 Å². The third kappa shape index (κ3) is 9.36. The molecule has 0 bridgehead atoms. The third-order valence-corrected chi connectivity index (χ3v) is 6.11. The van der Waals surface area contributed by atoms with Crippen LogP contribution in [0.3, 0.4) is 0 Å². The van der Waals surface area contributed by atoms with Gasteiger partial charge in [0.1, 0.15) is 0 Å². The molecule has 2 aliphatic carbocycles. The molecule has 2 saturated carbocycles. The van der Waals surface area contributed by atoms with Crippen LogP contribution in [-0.2, 0) is 14.3 Å². The molecule has 2 fully saturated rings. The van der Waals surface area contributed by atoms with Gasteiger partial charge < -0.3 is 14.8 Å². The van der Waals surface area contributed by atoms with Gasteiger partial charge in [-0.1, -0.05) is 32.1 Å². The van der Waals surface area contributed by atoms with E-state index in [0.29, 0.717) is 19.3 Å². The predicted octanol–water partition coefficient (Wildman–Crippen LogP) is 4.86. The molecule has 0 spiro atoms. The van der Waals surface area contributed by atoms with Gasteiger partial charge >= 0.3 is 5.97 Å². The van der Waals surface area contributed by atoms with Crippen molar-refractivity contribution in [2.45, 2.75) is 96.5 Å². The van der Waals surface area contributed by atoms with Crippen molar-refractivity contribution in [1.82, 2.24) is 5.32 Å². The first-order valence-corrected chi connectivity index (χ1v) is 11.3. The lowest BCUT2D eigenvalue weighted by molar-refractivity contribution is -0.141. The molecule has 4 heteroatoms. The van der Waals surface area contributed by atoms with Crippen LogP contribution in [0.1, 0.15) is 90.4 Å². The highest BCUT2D eigenvalue weighted by atomic mass is 16.5. The number of hydrogen-bond acceptors (Lipinski definition) is 4. The van der Waals surface area contributed by atoms with E-state index in [2.05, 4.69) is 5.32 Å². The number of hydrogen-bond donors (Lipinski definition) is 1. The van der Waals surface area contributed by atoms with Gasteiger partial charge in [0, 0.05) is 6.61 Å². The Morgan fingerprint density at radius 3 is 2.38 bits per heavy atom. The minimum Gasteiger partial charge on any atom is -0.465 e. The van der Waals surface area contributed by atoms with E-state index in [1.165, 1.54) is 64.2 Å². The highest BCUT2D eigenvalue weighted by Crippen LogP contribution is 2.35. The Morgan fingerprint density at radius 2 is 1.65 bits per heavy atom. The molecule has 4 nitrogen and oxygen atoms in total. The zero-order valence-corrected chi connectivity index (χ0v) is 17.0. The standard InChI is InChI=1S/C22H41NO3/c1-2-25-22(24)18-23-15-7-4-8-16-26-21-13-11-20(12-14-21)17-19-9-5-3-6-10-19/h19-21,23H,2-18H2,1H3. The van der Waals surface area contributed by atoms with Crippen LogP contribution in [0.25, 0.3) is 0 Å². The summed E-state index contributed by atoms with van der Waals surface area (Å²) in [5, 5.41) is 3.13. The van der Waals surface area contributed by atoms with Gasteiger partial charge in [-0.05, 0) is 76.7 Å². The van der Waals surface area contributed by atoms with Gasteiger partial charge in [0.2, 0.25) is 0 Å². The number of carbonyl (C=O) groups is 1. The zero-order chi connectivity index (χ0) is 18.5. The quantitative estimate of drug-likeness (QED) is 0.395. The summed E-state index contributed by atoms with van der Waals surface area (Å²) < 4.78 is 11.0. The maximum absolute atomic E-state index is 11.2. The Kier molecular flexibility index (Phi) is 11.3. The third-order valence-electron chi connectivity index (χ3n) is 6.11. The average molecular weight is 368 g/mol. The van der Waals surface area contributed by atoms with Crippen molar-refractivity contribution in [2.24, 2.45) is 11.8 Å². The molecular formula is C22H41NO3. The van der Waals surface area contributed by atoms with Gasteiger partial charge in [0.25, 0.3) is 0 Å². The van der Waals surface area contributed by atoms with Crippen molar-refractivity contribution in [2.75, 3.05) is 26.3 Å². The summed E-state index contributed by atoms with van der Waals surface area (Å²) >= 11 is 0. The Morgan fingerprint density at radius 1 is 0.923 bits per heavy atom. The molecular weight excluding hydrogens is 326 g/mol. The lowest BCUT2D eigenvalue weighted by Crippen LogP contribution is -2.25. The number of unbranched alkanes of at least 4 members (excludes halogenated alkanes) is 2. The van der Waals surface area contributed by atoms with Crippen molar-refractivity contribution < 1.29 is 14.3 Å².